The van der Waals surface area contributed by atoms with Crippen LogP contribution in [0.25, 0.3) is 0 Å². The molecule has 1 heterocycles. The summed E-state index contributed by atoms with van der Waals surface area (Å²) in [6.07, 6.45) is 7.02. The molecular formula is C15H23N5. The first-order chi connectivity index (χ1) is 9.69. The second-order valence-electron chi connectivity index (χ2n) is 6.11. The smallest absolute Gasteiger partial charge is 0.150 e. The van der Waals surface area contributed by atoms with Gasteiger partial charge in [-0.1, -0.05) is 13.8 Å². The Morgan fingerprint density at radius 3 is 2.75 bits per heavy atom. The Bertz CT molecular complexity index is 525. The summed E-state index contributed by atoms with van der Waals surface area (Å²) in [5.41, 5.74) is -0.338. The largest absolute Gasteiger partial charge is 0.297 e. The van der Waals surface area contributed by atoms with E-state index < -0.39 is 0 Å². The Morgan fingerprint density at radius 2 is 2.15 bits per heavy atom. The van der Waals surface area contributed by atoms with Gasteiger partial charge >= 0.3 is 0 Å². The van der Waals surface area contributed by atoms with Crippen molar-refractivity contribution in [2.45, 2.75) is 76.4 Å². The number of aryl methyl sites for hydroxylation is 2. The van der Waals surface area contributed by atoms with Crippen molar-refractivity contribution in [1.82, 2.24) is 20.1 Å². The van der Waals surface area contributed by atoms with Crippen molar-refractivity contribution in [3.63, 3.8) is 0 Å². The van der Waals surface area contributed by atoms with Crippen molar-refractivity contribution < 1.29 is 0 Å². The normalized spacial score (nSPS) is 29.6. The Labute approximate surface area is 120 Å². The van der Waals surface area contributed by atoms with Gasteiger partial charge in [0.2, 0.25) is 0 Å². The van der Waals surface area contributed by atoms with E-state index in [1.807, 2.05) is 0 Å². The quantitative estimate of drug-likeness (QED) is 0.892. The van der Waals surface area contributed by atoms with Crippen LogP contribution in [0, 0.1) is 11.3 Å². The van der Waals surface area contributed by atoms with Gasteiger partial charge in [-0.2, -0.15) is 10.4 Å². The van der Waals surface area contributed by atoms with Gasteiger partial charge in [-0.05, 0) is 25.7 Å². The molecule has 0 amide bonds. The summed E-state index contributed by atoms with van der Waals surface area (Å²) in [5.74, 6) is 1.98. The van der Waals surface area contributed by atoms with Gasteiger partial charge < -0.3 is 0 Å². The van der Waals surface area contributed by atoms with Crippen LogP contribution < -0.4 is 5.32 Å². The minimum Gasteiger partial charge on any atom is -0.297 e. The third-order valence-electron chi connectivity index (χ3n) is 4.48. The van der Waals surface area contributed by atoms with Gasteiger partial charge in [0.25, 0.3) is 0 Å². The van der Waals surface area contributed by atoms with E-state index >= 15 is 0 Å². The Morgan fingerprint density at radius 1 is 1.35 bits per heavy atom. The Balaban J connectivity index is 1.78. The van der Waals surface area contributed by atoms with E-state index in [0.29, 0.717) is 12.1 Å². The van der Waals surface area contributed by atoms with Gasteiger partial charge in [0.1, 0.15) is 11.4 Å². The second-order valence-corrected chi connectivity index (χ2v) is 6.11. The van der Waals surface area contributed by atoms with E-state index in [1.165, 1.54) is 12.8 Å². The molecule has 0 aliphatic heterocycles. The lowest BCUT2D eigenvalue weighted by atomic mass is 9.99. The summed E-state index contributed by atoms with van der Waals surface area (Å²) in [7, 11) is 0. The summed E-state index contributed by atoms with van der Waals surface area (Å²) in [5, 5.41) is 17.8. The van der Waals surface area contributed by atoms with E-state index in [2.05, 4.69) is 40.0 Å². The van der Waals surface area contributed by atoms with Crippen LogP contribution in [0.4, 0.5) is 0 Å². The number of hydrogen-bond acceptors (Lipinski definition) is 4. The average molecular weight is 273 g/mol. The van der Waals surface area contributed by atoms with Crippen LogP contribution in [0.15, 0.2) is 0 Å². The predicted molar refractivity (Wildman–Crippen MR) is 76.2 cm³/mol. The molecule has 20 heavy (non-hydrogen) atoms. The fourth-order valence-corrected chi connectivity index (χ4v) is 3.20. The highest BCUT2D eigenvalue weighted by atomic mass is 15.4. The number of nitrogens with zero attached hydrogens (tertiary/aromatic N) is 4. The van der Waals surface area contributed by atoms with Crippen molar-refractivity contribution >= 4 is 0 Å². The summed E-state index contributed by atoms with van der Waals surface area (Å²) in [6, 6.07) is 3.43. The summed E-state index contributed by atoms with van der Waals surface area (Å²) in [4.78, 5) is 4.59. The maximum absolute atomic E-state index is 9.58. The van der Waals surface area contributed by atoms with Crippen LogP contribution in [0.1, 0.15) is 63.6 Å². The number of hydrogen-bond donors (Lipinski definition) is 1. The fraction of sp³-hybridized carbons (Fsp3) is 0.800. The molecule has 108 valence electrons. The average Bonchev–Trinajstić information content (AvgIpc) is 3.03. The molecule has 2 atom stereocenters. The summed E-state index contributed by atoms with van der Waals surface area (Å²) < 4.78 is 2.09. The maximum Gasteiger partial charge on any atom is 0.150 e. The molecule has 0 saturated heterocycles. The van der Waals surface area contributed by atoms with Crippen LogP contribution in [0.5, 0.6) is 0 Å². The van der Waals surface area contributed by atoms with E-state index in [-0.39, 0.29) is 5.54 Å². The van der Waals surface area contributed by atoms with E-state index in [0.717, 1.165) is 43.8 Å². The Kier molecular flexibility index (Phi) is 3.51. The lowest BCUT2D eigenvalue weighted by Crippen LogP contribution is -2.43. The first kappa shape index (κ1) is 13.6. The lowest BCUT2D eigenvalue weighted by Gasteiger charge is -2.23. The molecule has 3 rings (SSSR count). The molecule has 0 spiro atoms. The first-order valence-corrected chi connectivity index (χ1v) is 7.83. The topological polar surface area (TPSA) is 66.5 Å². The van der Waals surface area contributed by atoms with Crippen LogP contribution in [0.3, 0.4) is 0 Å². The SMILES string of the molecule is CCc1nc(CC)n(C2CCC(C#N)(NC3CC3)C2)n1. The van der Waals surface area contributed by atoms with Gasteiger partial charge in [0, 0.05) is 25.3 Å². The maximum atomic E-state index is 9.58. The highest BCUT2D eigenvalue weighted by Gasteiger charge is 2.44. The highest BCUT2D eigenvalue weighted by molar-refractivity contribution is 5.15. The molecule has 5 nitrogen and oxygen atoms in total. The molecule has 1 aromatic rings. The molecule has 1 aromatic heterocycles. The molecule has 0 radical (unpaired) electrons. The lowest BCUT2D eigenvalue weighted by molar-refractivity contribution is 0.379. The van der Waals surface area contributed by atoms with Crippen molar-refractivity contribution in [2.24, 2.45) is 0 Å². The highest BCUT2D eigenvalue weighted by Crippen LogP contribution is 2.39. The second kappa shape index (κ2) is 5.17. The van der Waals surface area contributed by atoms with E-state index in [9.17, 15) is 5.26 Å². The molecule has 0 aromatic carbocycles. The summed E-state index contributed by atoms with van der Waals surface area (Å²) in [6.45, 7) is 4.21. The standard InChI is InChI=1S/C15H23N5/c1-3-13-17-14(4-2)20(19-13)12-7-8-15(9-12,10-16)18-11-5-6-11/h11-12,18H,3-9H2,1-2H3. The van der Waals surface area contributed by atoms with Crippen LogP contribution >= 0.6 is 0 Å². The molecule has 2 aliphatic carbocycles. The minimum absolute atomic E-state index is 0.323. The molecule has 2 saturated carbocycles. The molecule has 2 aliphatic rings. The zero-order valence-corrected chi connectivity index (χ0v) is 12.4. The molecule has 1 N–H and O–H groups in total. The van der Waals surface area contributed by atoms with E-state index in [1.54, 1.807) is 0 Å². The van der Waals surface area contributed by atoms with Crippen LogP contribution in [0.2, 0.25) is 0 Å². The number of nitriles is 1. The molecule has 2 unspecified atom stereocenters. The van der Waals surface area contributed by atoms with Crippen molar-refractivity contribution in [3.05, 3.63) is 11.6 Å². The number of nitrogens with one attached hydrogen (secondary N) is 1. The van der Waals surface area contributed by atoms with Crippen molar-refractivity contribution in [2.75, 3.05) is 0 Å². The zero-order valence-electron chi connectivity index (χ0n) is 12.4. The summed E-state index contributed by atoms with van der Waals surface area (Å²) >= 11 is 0. The molecule has 0 bridgehead atoms. The van der Waals surface area contributed by atoms with Crippen LogP contribution in [-0.4, -0.2) is 26.3 Å². The van der Waals surface area contributed by atoms with Crippen LogP contribution in [-0.2, 0) is 12.8 Å². The first-order valence-electron chi connectivity index (χ1n) is 7.83. The van der Waals surface area contributed by atoms with Gasteiger partial charge in [0.15, 0.2) is 5.82 Å². The van der Waals surface area contributed by atoms with Crippen molar-refractivity contribution in [3.8, 4) is 6.07 Å². The minimum atomic E-state index is -0.338. The zero-order chi connectivity index (χ0) is 14.2. The third kappa shape index (κ3) is 2.45. The van der Waals surface area contributed by atoms with Gasteiger partial charge in [-0.3, -0.25) is 5.32 Å². The number of rotatable bonds is 5. The van der Waals surface area contributed by atoms with Gasteiger partial charge in [0.05, 0.1) is 12.1 Å². The molecule has 2 fully saturated rings. The molecular weight excluding hydrogens is 250 g/mol. The van der Waals surface area contributed by atoms with Crippen molar-refractivity contribution in [1.29, 1.82) is 5.26 Å². The number of aromatic nitrogens is 3. The predicted octanol–water partition coefficient (Wildman–Crippen LogP) is 2.14. The van der Waals surface area contributed by atoms with E-state index in [4.69, 9.17) is 0 Å². The third-order valence-corrected chi connectivity index (χ3v) is 4.48. The fourth-order valence-electron chi connectivity index (χ4n) is 3.20. The Hall–Kier alpha value is -1.41. The monoisotopic (exact) mass is 273 g/mol. The van der Waals surface area contributed by atoms with Gasteiger partial charge in [-0.25, -0.2) is 9.67 Å². The molecule has 5 heteroatoms. The van der Waals surface area contributed by atoms with Gasteiger partial charge in [-0.15, -0.1) is 0 Å².